The molecule has 1 unspecified atom stereocenters. The van der Waals surface area contributed by atoms with Crippen LogP contribution in [0.2, 0.25) is 0 Å². The normalized spacial score (nSPS) is 13.6. The maximum absolute atomic E-state index is 12.9. The maximum Gasteiger partial charge on any atom is 0.417 e. The van der Waals surface area contributed by atoms with Gasteiger partial charge in [0.1, 0.15) is 0 Å². The van der Waals surface area contributed by atoms with Gasteiger partial charge in [0.15, 0.2) is 0 Å². The summed E-state index contributed by atoms with van der Waals surface area (Å²) in [7, 11) is 0. The Bertz CT molecular complexity index is 634. The standard InChI is InChI=1S/C13H8Br3F3S/c1-6-4-10(15)12(20-6)11(16)7-2-3-9(14)8(5-7)13(17,18)19/h2-5,11H,1H3. The van der Waals surface area contributed by atoms with Gasteiger partial charge in [0.2, 0.25) is 0 Å². The molecular formula is C13H8Br3F3S. The van der Waals surface area contributed by atoms with Gasteiger partial charge in [-0.3, -0.25) is 0 Å². The average Bonchev–Trinajstić information content (AvgIpc) is 2.66. The van der Waals surface area contributed by atoms with E-state index in [4.69, 9.17) is 0 Å². The summed E-state index contributed by atoms with van der Waals surface area (Å²) in [6, 6.07) is 6.24. The highest BCUT2D eigenvalue weighted by molar-refractivity contribution is 9.11. The number of hydrogen-bond donors (Lipinski definition) is 0. The summed E-state index contributed by atoms with van der Waals surface area (Å²) in [5.41, 5.74) is -0.0908. The maximum atomic E-state index is 12.9. The highest BCUT2D eigenvalue weighted by atomic mass is 79.9. The number of aryl methyl sites for hydroxylation is 1. The lowest BCUT2D eigenvalue weighted by molar-refractivity contribution is -0.138. The Morgan fingerprint density at radius 3 is 2.25 bits per heavy atom. The van der Waals surface area contributed by atoms with Gasteiger partial charge in [0.05, 0.1) is 10.4 Å². The number of rotatable bonds is 2. The van der Waals surface area contributed by atoms with E-state index in [0.717, 1.165) is 14.2 Å². The summed E-state index contributed by atoms with van der Waals surface area (Å²) < 4.78 is 39.7. The molecule has 0 amide bonds. The zero-order chi connectivity index (χ0) is 15.1. The molecule has 20 heavy (non-hydrogen) atoms. The van der Waals surface area contributed by atoms with Gasteiger partial charge in [-0.15, -0.1) is 11.3 Å². The molecule has 0 spiro atoms. The van der Waals surface area contributed by atoms with Gasteiger partial charge in [-0.1, -0.05) is 37.9 Å². The molecule has 2 rings (SSSR count). The highest BCUT2D eigenvalue weighted by Gasteiger charge is 2.33. The number of halogens is 6. The zero-order valence-corrected chi connectivity index (χ0v) is 15.6. The molecule has 1 atom stereocenters. The van der Waals surface area contributed by atoms with E-state index < -0.39 is 11.7 Å². The van der Waals surface area contributed by atoms with Crippen molar-refractivity contribution in [1.29, 1.82) is 0 Å². The van der Waals surface area contributed by atoms with Crippen molar-refractivity contribution in [3.63, 3.8) is 0 Å². The van der Waals surface area contributed by atoms with E-state index >= 15 is 0 Å². The summed E-state index contributed by atoms with van der Waals surface area (Å²) in [5.74, 6) is 0. The number of alkyl halides is 4. The van der Waals surface area contributed by atoms with E-state index in [1.54, 1.807) is 17.4 Å². The van der Waals surface area contributed by atoms with Crippen LogP contribution in [-0.2, 0) is 6.18 Å². The molecule has 2 aromatic rings. The Labute approximate surface area is 143 Å². The fraction of sp³-hybridized carbons (Fsp3) is 0.231. The van der Waals surface area contributed by atoms with Crippen molar-refractivity contribution in [2.45, 2.75) is 17.9 Å². The second-order valence-electron chi connectivity index (χ2n) is 4.17. The molecule has 0 aliphatic rings. The van der Waals surface area contributed by atoms with Gasteiger partial charge in [-0.25, -0.2) is 0 Å². The number of thiophene rings is 1. The first-order valence-corrected chi connectivity index (χ1v) is 8.78. The molecule has 7 heteroatoms. The first-order valence-electron chi connectivity index (χ1n) is 5.46. The molecule has 1 aromatic carbocycles. The topological polar surface area (TPSA) is 0 Å². The van der Waals surface area contributed by atoms with Crippen LogP contribution in [0, 0.1) is 6.92 Å². The minimum Gasteiger partial charge on any atom is -0.166 e. The van der Waals surface area contributed by atoms with E-state index in [1.807, 2.05) is 13.0 Å². The molecular weight excluding hydrogens is 485 g/mol. The summed E-state index contributed by atoms with van der Waals surface area (Å²) >= 11 is 11.4. The van der Waals surface area contributed by atoms with Crippen molar-refractivity contribution in [1.82, 2.24) is 0 Å². The lowest BCUT2D eigenvalue weighted by Gasteiger charge is -2.14. The Morgan fingerprint density at radius 2 is 1.75 bits per heavy atom. The van der Waals surface area contributed by atoms with Crippen LogP contribution in [0.4, 0.5) is 13.2 Å². The monoisotopic (exact) mass is 490 g/mol. The van der Waals surface area contributed by atoms with Crippen LogP contribution >= 0.6 is 59.1 Å². The predicted molar refractivity (Wildman–Crippen MR) is 86.7 cm³/mol. The Balaban J connectivity index is 2.46. The van der Waals surface area contributed by atoms with Crippen molar-refractivity contribution < 1.29 is 13.2 Å². The third kappa shape index (κ3) is 3.48. The third-order valence-corrected chi connectivity index (χ3v) is 6.67. The van der Waals surface area contributed by atoms with Gasteiger partial charge >= 0.3 is 6.18 Å². The van der Waals surface area contributed by atoms with Crippen LogP contribution in [0.25, 0.3) is 0 Å². The van der Waals surface area contributed by atoms with Crippen molar-refractivity contribution in [3.8, 4) is 0 Å². The van der Waals surface area contributed by atoms with Crippen molar-refractivity contribution in [2.24, 2.45) is 0 Å². The summed E-state index contributed by atoms with van der Waals surface area (Å²) in [6.07, 6.45) is -4.37. The second-order valence-corrected chi connectivity index (χ2v) is 8.08. The summed E-state index contributed by atoms with van der Waals surface area (Å²) in [5, 5.41) is 0. The molecule has 0 aliphatic carbocycles. The lowest BCUT2D eigenvalue weighted by atomic mass is 10.1. The molecule has 0 saturated carbocycles. The van der Waals surface area contributed by atoms with Gasteiger partial charge in [0, 0.05) is 18.7 Å². The SMILES string of the molecule is Cc1cc(Br)c(C(Br)c2ccc(Br)c(C(F)(F)F)c2)s1. The van der Waals surface area contributed by atoms with Gasteiger partial charge in [0.25, 0.3) is 0 Å². The van der Waals surface area contributed by atoms with E-state index in [1.165, 1.54) is 12.1 Å². The van der Waals surface area contributed by atoms with E-state index in [9.17, 15) is 13.2 Å². The Hall–Kier alpha value is 0.150. The van der Waals surface area contributed by atoms with E-state index in [2.05, 4.69) is 47.8 Å². The van der Waals surface area contributed by atoms with Gasteiger partial charge in [-0.05, 0) is 46.6 Å². The van der Waals surface area contributed by atoms with Crippen LogP contribution in [0.3, 0.4) is 0 Å². The first-order chi connectivity index (χ1) is 9.20. The minimum atomic E-state index is -4.37. The average molecular weight is 493 g/mol. The Kier molecular flexibility index (Phi) is 5.04. The van der Waals surface area contributed by atoms with E-state index in [-0.39, 0.29) is 9.30 Å². The smallest absolute Gasteiger partial charge is 0.166 e. The van der Waals surface area contributed by atoms with Crippen molar-refractivity contribution >= 4 is 59.1 Å². The summed E-state index contributed by atoms with van der Waals surface area (Å²) in [6.45, 7) is 1.96. The predicted octanol–water partition coefficient (Wildman–Crippen LogP) is 7.08. The fourth-order valence-corrected chi connectivity index (χ4v) is 5.22. The first kappa shape index (κ1) is 16.5. The van der Waals surface area contributed by atoms with Gasteiger partial charge in [-0.2, -0.15) is 13.2 Å². The molecule has 0 saturated heterocycles. The Morgan fingerprint density at radius 1 is 1.10 bits per heavy atom. The summed E-state index contributed by atoms with van der Waals surface area (Å²) in [4.78, 5) is 1.78. The molecule has 0 N–H and O–H groups in total. The zero-order valence-electron chi connectivity index (χ0n) is 10.1. The van der Waals surface area contributed by atoms with Crippen molar-refractivity contribution in [2.75, 3.05) is 0 Å². The lowest BCUT2D eigenvalue weighted by Crippen LogP contribution is -2.07. The van der Waals surface area contributed by atoms with E-state index in [0.29, 0.717) is 5.56 Å². The molecule has 1 heterocycles. The molecule has 0 aliphatic heterocycles. The highest BCUT2D eigenvalue weighted by Crippen LogP contribution is 2.43. The molecule has 0 bridgehead atoms. The second kappa shape index (κ2) is 6.10. The molecule has 0 nitrogen and oxygen atoms in total. The van der Waals surface area contributed by atoms with Crippen LogP contribution in [-0.4, -0.2) is 0 Å². The molecule has 0 fully saturated rings. The quantitative estimate of drug-likeness (QED) is 0.393. The minimum absolute atomic E-state index is 0.0508. The number of hydrogen-bond acceptors (Lipinski definition) is 1. The molecule has 108 valence electrons. The number of benzene rings is 1. The van der Waals surface area contributed by atoms with Crippen LogP contribution < -0.4 is 0 Å². The van der Waals surface area contributed by atoms with Crippen LogP contribution in [0.5, 0.6) is 0 Å². The van der Waals surface area contributed by atoms with Crippen molar-refractivity contribution in [3.05, 3.63) is 54.1 Å². The van der Waals surface area contributed by atoms with Crippen LogP contribution in [0.15, 0.2) is 33.2 Å². The molecule has 1 aromatic heterocycles. The fourth-order valence-electron chi connectivity index (χ4n) is 1.74. The molecule has 0 radical (unpaired) electrons. The van der Waals surface area contributed by atoms with Crippen LogP contribution in [0.1, 0.15) is 25.7 Å². The van der Waals surface area contributed by atoms with Gasteiger partial charge < -0.3 is 0 Å². The largest absolute Gasteiger partial charge is 0.417 e. The third-order valence-electron chi connectivity index (χ3n) is 2.65.